The molecule has 0 heterocycles. The fourth-order valence-electron chi connectivity index (χ4n) is 2.93. The van der Waals surface area contributed by atoms with Crippen LogP contribution in [0.5, 0.6) is 0 Å². The van der Waals surface area contributed by atoms with Gasteiger partial charge in [0.2, 0.25) is 0 Å². The van der Waals surface area contributed by atoms with Crippen LogP contribution in [0.1, 0.15) is 75.2 Å². The summed E-state index contributed by atoms with van der Waals surface area (Å²) in [4.78, 5) is 0. The summed E-state index contributed by atoms with van der Waals surface area (Å²) in [5.74, 6) is 0. The first-order valence-electron chi connectivity index (χ1n) is 7.41. The Hall–Kier alpha value is 0.280. The van der Waals surface area contributed by atoms with E-state index in [1.165, 1.54) is 0 Å². The van der Waals surface area contributed by atoms with Crippen LogP contribution in [-0.2, 0) is 0 Å². The first-order chi connectivity index (χ1) is 9.08. The minimum absolute atomic E-state index is 0.0128. The molecule has 0 N–H and O–H groups in total. The van der Waals surface area contributed by atoms with Crippen LogP contribution in [-0.4, -0.2) is 13.0 Å². The van der Waals surface area contributed by atoms with Crippen molar-refractivity contribution >= 4 is 39.3 Å². The Morgan fingerprint density at radius 1 is 0.857 bits per heavy atom. The second-order valence-corrected chi connectivity index (χ2v) is 13.5. The fraction of sp³-hybridized carbons (Fsp3) is 0.882. The highest BCUT2D eigenvalue weighted by atomic mass is 32.2. The van der Waals surface area contributed by atoms with E-state index >= 15 is 0 Å². The van der Waals surface area contributed by atoms with E-state index in [9.17, 15) is 5.26 Å². The second kappa shape index (κ2) is 7.23. The van der Waals surface area contributed by atoms with Crippen LogP contribution >= 0.6 is 35.7 Å². The topological polar surface area (TPSA) is 23.8 Å². The quantitative estimate of drug-likeness (QED) is 0.519. The molecule has 0 aliphatic carbocycles. The van der Waals surface area contributed by atoms with Gasteiger partial charge in [0.1, 0.15) is 3.53 Å². The van der Waals surface area contributed by atoms with Crippen molar-refractivity contribution in [2.24, 2.45) is 10.8 Å². The maximum absolute atomic E-state index is 9.21. The summed E-state index contributed by atoms with van der Waals surface area (Å²) in [6.45, 7) is 19.7. The van der Waals surface area contributed by atoms with Crippen LogP contribution in [0, 0.1) is 22.2 Å². The third-order valence-electron chi connectivity index (χ3n) is 2.85. The zero-order valence-electron chi connectivity index (χ0n) is 15.1. The summed E-state index contributed by atoms with van der Waals surface area (Å²) in [6.07, 6.45) is 1.96. The average Bonchev–Trinajstić information content (AvgIpc) is 2.08. The van der Waals surface area contributed by atoms with Crippen molar-refractivity contribution in [2.75, 3.05) is 0 Å². The van der Waals surface area contributed by atoms with Crippen molar-refractivity contribution in [3.05, 3.63) is 0 Å². The summed E-state index contributed by atoms with van der Waals surface area (Å²) in [7, 11) is 0. The van der Waals surface area contributed by atoms with E-state index in [0.717, 1.165) is 16.4 Å². The van der Waals surface area contributed by atoms with Crippen molar-refractivity contribution in [1.29, 1.82) is 5.26 Å². The molecule has 0 atom stereocenters. The molecule has 1 nitrogen and oxygen atoms in total. The Kier molecular flexibility index (Phi) is 7.33. The third-order valence-corrected chi connectivity index (χ3v) is 5.57. The van der Waals surface area contributed by atoms with Gasteiger partial charge in [-0.25, -0.2) is 0 Å². The Morgan fingerprint density at radius 3 is 1.57 bits per heavy atom. The predicted molar refractivity (Wildman–Crippen MR) is 104 cm³/mol. The van der Waals surface area contributed by atoms with Gasteiger partial charge in [0.05, 0.1) is 11.5 Å². The first-order valence-corrected chi connectivity index (χ1v) is 9.45. The van der Waals surface area contributed by atoms with Gasteiger partial charge in [-0.15, -0.1) is 23.5 Å². The highest BCUT2D eigenvalue weighted by molar-refractivity contribution is 8.47. The molecule has 4 heteroatoms. The molecule has 0 rings (SSSR count). The average molecular weight is 346 g/mol. The molecule has 0 aromatic carbocycles. The maximum atomic E-state index is 9.21. The highest BCUT2D eigenvalue weighted by Gasteiger charge is 2.33. The molecule has 21 heavy (non-hydrogen) atoms. The highest BCUT2D eigenvalue weighted by Crippen LogP contribution is 2.44. The number of thioether (sulfide) groups is 2. The maximum Gasteiger partial charge on any atom is 0.105 e. The van der Waals surface area contributed by atoms with Crippen LogP contribution in [0.4, 0.5) is 0 Å². The van der Waals surface area contributed by atoms with Crippen LogP contribution in [0.25, 0.3) is 0 Å². The number of nitrogens with zero attached hydrogens (tertiary/aromatic N) is 1. The molecule has 0 spiro atoms. The van der Waals surface area contributed by atoms with Gasteiger partial charge in [0.25, 0.3) is 0 Å². The number of thiocarbonyl (C=S) groups is 1. The molecule has 0 radical (unpaired) electrons. The van der Waals surface area contributed by atoms with Crippen LogP contribution in [0.2, 0.25) is 0 Å². The molecule has 0 saturated carbocycles. The zero-order valence-corrected chi connectivity index (χ0v) is 17.5. The van der Waals surface area contributed by atoms with E-state index in [-0.39, 0.29) is 14.9 Å². The largest absolute Gasteiger partial charge is 0.198 e. The van der Waals surface area contributed by atoms with Gasteiger partial charge in [-0.05, 0) is 32.1 Å². The Bertz CT molecular complexity index is 409. The molecule has 0 aromatic heterocycles. The van der Waals surface area contributed by atoms with Gasteiger partial charge in [-0.3, -0.25) is 0 Å². The lowest BCUT2D eigenvalue weighted by atomic mass is 9.85. The van der Waals surface area contributed by atoms with Crippen LogP contribution in [0.3, 0.4) is 0 Å². The first kappa shape index (κ1) is 21.3. The van der Waals surface area contributed by atoms with E-state index < -0.39 is 0 Å². The van der Waals surface area contributed by atoms with Gasteiger partial charge in [0, 0.05) is 9.49 Å². The minimum Gasteiger partial charge on any atom is -0.198 e. The van der Waals surface area contributed by atoms with Crippen molar-refractivity contribution in [3.63, 3.8) is 0 Å². The molecule has 0 amide bonds. The summed E-state index contributed by atoms with van der Waals surface area (Å²) < 4.78 is 1.12. The second-order valence-electron chi connectivity index (χ2n) is 8.88. The van der Waals surface area contributed by atoms with Crippen molar-refractivity contribution in [3.8, 4) is 6.07 Å². The normalized spacial score (nSPS) is 13.9. The fourth-order valence-corrected chi connectivity index (χ4v) is 7.64. The third kappa shape index (κ3) is 10.6. The van der Waals surface area contributed by atoms with E-state index in [0.29, 0.717) is 5.41 Å². The molecule has 0 unspecified atom stereocenters. The standard InChI is InChI=1S/C17H31NS3/c1-14(2,3)10-16(6,7)20-13(19)21-17(8,9)11-15(4,5)12-18/h10-11H2,1-9H3. The Balaban J connectivity index is 4.66. The summed E-state index contributed by atoms with van der Waals surface area (Å²) in [5.41, 5.74) is -0.00714. The van der Waals surface area contributed by atoms with Crippen LogP contribution < -0.4 is 0 Å². The lowest BCUT2D eigenvalue weighted by Crippen LogP contribution is -2.28. The number of nitriles is 1. The van der Waals surface area contributed by atoms with Crippen molar-refractivity contribution < 1.29 is 0 Å². The molecule has 122 valence electrons. The molecule has 0 aliphatic heterocycles. The van der Waals surface area contributed by atoms with E-state index in [4.69, 9.17) is 12.2 Å². The molecule has 0 saturated heterocycles. The summed E-state index contributed by atoms with van der Waals surface area (Å²) in [6, 6.07) is 2.39. The van der Waals surface area contributed by atoms with Crippen molar-refractivity contribution in [1.82, 2.24) is 0 Å². The number of hydrogen-bond acceptors (Lipinski definition) is 4. The zero-order chi connectivity index (χ0) is 17.1. The van der Waals surface area contributed by atoms with E-state index in [1.54, 1.807) is 23.5 Å². The SMILES string of the molecule is CC(C)(C)CC(C)(C)SC(=S)SC(C)(C)CC(C)(C)C#N. The van der Waals surface area contributed by atoms with Gasteiger partial charge in [-0.2, -0.15) is 5.26 Å². The molecule has 0 fully saturated rings. The van der Waals surface area contributed by atoms with Crippen LogP contribution in [0.15, 0.2) is 0 Å². The summed E-state index contributed by atoms with van der Waals surface area (Å²) in [5, 5.41) is 9.21. The summed E-state index contributed by atoms with van der Waals surface area (Å²) >= 11 is 9.15. The predicted octanol–water partition coefficient (Wildman–Crippen LogP) is 6.67. The lowest BCUT2D eigenvalue weighted by molar-refractivity contribution is 0.340. The van der Waals surface area contributed by atoms with Crippen molar-refractivity contribution in [2.45, 2.75) is 84.6 Å². The Labute approximate surface area is 146 Å². The number of rotatable bonds is 5. The van der Waals surface area contributed by atoms with Gasteiger partial charge in [-0.1, -0.05) is 60.7 Å². The molecule has 0 aliphatic rings. The Morgan fingerprint density at radius 2 is 1.24 bits per heavy atom. The molecular weight excluding hydrogens is 314 g/mol. The van der Waals surface area contributed by atoms with Gasteiger partial charge >= 0.3 is 0 Å². The molecule has 0 aromatic rings. The van der Waals surface area contributed by atoms with Gasteiger partial charge in [0.15, 0.2) is 0 Å². The molecular formula is C17H31NS3. The minimum atomic E-state index is -0.308. The van der Waals surface area contributed by atoms with Gasteiger partial charge < -0.3 is 0 Å². The number of hydrogen-bond donors (Lipinski definition) is 0. The molecule has 0 bridgehead atoms. The smallest absolute Gasteiger partial charge is 0.105 e. The lowest BCUT2D eigenvalue weighted by Gasteiger charge is -2.34. The van der Waals surface area contributed by atoms with E-state index in [2.05, 4.69) is 54.5 Å². The monoisotopic (exact) mass is 345 g/mol. The van der Waals surface area contributed by atoms with E-state index in [1.807, 2.05) is 13.8 Å².